The highest BCUT2D eigenvalue weighted by molar-refractivity contribution is 5.83. The topological polar surface area (TPSA) is 0 Å². The van der Waals surface area contributed by atoms with Crippen LogP contribution in [-0.2, 0) is 5.41 Å². The van der Waals surface area contributed by atoms with E-state index in [1.807, 2.05) is 0 Å². The molecule has 0 aromatic heterocycles. The molecular weight excluding hydrogens is 444 g/mol. The molecule has 37 heavy (non-hydrogen) atoms. The van der Waals surface area contributed by atoms with Crippen LogP contribution in [-0.4, -0.2) is 0 Å². The van der Waals surface area contributed by atoms with E-state index in [4.69, 9.17) is 0 Å². The van der Waals surface area contributed by atoms with Gasteiger partial charge < -0.3 is 0 Å². The fourth-order valence-electron chi connectivity index (χ4n) is 6.75. The molecule has 0 saturated heterocycles. The van der Waals surface area contributed by atoms with Gasteiger partial charge in [-0.05, 0) is 97.2 Å². The summed E-state index contributed by atoms with van der Waals surface area (Å²) in [6, 6.07) is 28.5. The third-order valence-electron chi connectivity index (χ3n) is 9.03. The summed E-state index contributed by atoms with van der Waals surface area (Å²) in [7, 11) is 0. The quantitative estimate of drug-likeness (QED) is 0.273. The number of hydrogen-bond donors (Lipinski definition) is 0. The van der Waals surface area contributed by atoms with Gasteiger partial charge in [-0.3, -0.25) is 0 Å². The smallest absolute Gasteiger partial charge is 0.0409 e. The lowest BCUT2D eigenvalue weighted by Gasteiger charge is -2.45. The van der Waals surface area contributed by atoms with E-state index >= 15 is 0 Å². The normalized spacial score (nSPS) is 14.9. The fourth-order valence-corrected chi connectivity index (χ4v) is 6.75. The van der Waals surface area contributed by atoms with Gasteiger partial charge in [-0.25, -0.2) is 0 Å². The molecule has 0 unspecified atom stereocenters. The Morgan fingerprint density at radius 1 is 0.486 bits per heavy atom. The molecule has 0 fully saturated rings. The van der Waals surface area contributed by atoms with Crippen LogP contribution in [0.4, 0.5) is 0 Å². The van der Waals surface area contributed by atoms with Gasteiger partial charge in [-0.2, -0.15) is 0 Å². The third kappa shape index (κ3) is 3.57. The van der Waals surface area contributed by atoms with Gasteiger partial charge in [0.1, 0.15) is 0 Å². The molecule has 4 aromatic rings. The number of rotatable bonds is 4. The number of aryl methyl sites for hydroxylation is 6. The standard InChI is InChI=1S/C37H36/c1-23-11-15-30(16-12-23)37(29-9-7-8-10-29,31-17-13-24(2)14-18-31)36-34-21-27(5)25(3)19-32(34)33-20-26(4)28(6)22-35(33)36/h7-22,29,36H,1-6H3. The Morgan fingerprint density at radius 2 is 0.865 bits per heavy atom. The molecule has 184 valence electrons. The van der Waals surface area contributed by atoms with Gasteiger partial charge in [0.25, 0.3) is 0 Å². The summed E-state index contributed by atoms with van der Waals surface area (Å²) in [6.45, 7) is 13.4. The zero-order chi connectivity index (χ0) is 25.9. The van der Waals surface area contributed by atoms with Crippen molar-refractivity contribution in [2.75, 3.05) is 0 Å². The number of allylic oxidation sites excluding steroid dienone is 4. The second-order valence-corrected chi connectivity index (χ2v) is 11.4. The van der Waals surface area contributed by atoms with Crippen molar-refractivity contribution in [1.82, 2.24) is 0 Å². The van der Waals surface area contributed by atoms with Gasteiger partial charge in [0.05, 0.1) is 0 Å². The van der Waals surface area contributed by atoms with Crippen LogP contribution >= 0.6 is 0 Å². The highest BCUT2D eigenvalue weighted by Gasteiger charge is 2.51. The van der Waals surface area contributed by atoms with E-state index in [1.54, 1.807) is 0 Å². The van der Waals surface area contributed by atoms with Crippen molar-refractivity contribution in [3.63, 3.8) is 0 Å². The zero-order valence-electron chi connectivity index (χ0n) is 22.9. The van der Waals surface area contributed by atoms with Crippen LogP contribution in [0.3, 0.4) is 0 Å². The van der Waals surface area contributed by atoms with Gasteiger partial charge in [0.15, 0.2) is 0 Å². The van der Waals surface area contributed by atoms with E-state index in [9.17, 15) is 0 Å². The Balaban J connectivity index is 1.78. The maximum atomic E-state index is 2.49. The molecule has 2 aliphatic carbocycles. The van der Waals surface area contributed by atoms with Crippen molar-refractivity contribution < 1.29 is 0 Å². The van der Waals surface area contributed by atoms with E-state index < -0.39 is 0 Å². The molecule has 0 radical (unpaired) electrons. The molecule has 0 nitrogen and oxygen atoms in total. The van der Waals surface area contributed by atoms with Crippen molar-refractivity contribution in [2.45, 2.75) is 52.9 Å². The van der Waals surface area contributed by atoms with Gasteiger partial charge in [-0.1, -0.05) is 108 Å². The molecule has 0 saturated carbocycles. The van der Waals surface area contributed by atoms with Crippen LogP contribution in [0.5, 0.6) is 0 Å². The lowest BCUT2D eigenvalue weighted by atomic mass is 9.56. The Hall–Kier alpha value is -3.64. The predicted molar refractivity (Wildman–Crippen MR) is 158 cm³/mol. The molecule has 2 aliphatic rings. The summed E-state index contributed by atoms with van der Waals surface area (Å²) in [5.74, 6) is 0.434. The second kappa shape index (κ2) is 8.73. The van der Waals surface area contributed by atoms with E-state index in [0.29, 0.717) is 0 Å². The second-order valence-electron chi connectivity index (χ2n) is 11.4. The van der Waals surface area contributed by atoms with Crippen molar-refractivity contribution in [2.24, 2.45) is 5.92 Å². The van der Waals surface area contributed by atoms with Gasteiger partial charge >= 0.3 is 0 Å². The summed E-state index contributed by atoms with van der Waals surface area (Å²) >= 11 is 0. The van der Waals surface area contributed by atoms with Crippen molar-refractivity contribution >= 4 is 0 Å². The van der Waals surface area contributed by atoms with Crippen LogP contribution in [0.2, 0.25) is 0 Å². The first-order chi connectivity index (χ1) is 17.8. The molecule has 0 N–H and O–H groups in total. The molecule has 4 aromatic carbocycles. The lowest BCUT2D eigenvalue weighted by molar-refractivity contribution is 0.395. The summed E-state index contributed by atoms with van der Waals surface area (Å²) < 4.78 is 0. The number of hydrogen-bond acceptors (Lipinski definition) is 0. The predicted octanol–water partition coefficient (Wildman–Crippen LogP) is 9.38. The Labute approximate surface area is 222 Å². The fraction of sp³-hybridized carbons (Fsp3) is 0.243. The van der Waals surface area contributed by atoms with Crippen LogP contribution in [0.1, 0.15) is 61.6 Å². The van der Waals surface area contributed by atoms with Gasteiger partial charge in [0, 0.05) is 17.3 Å². The summed E-state index contributed by atoms with van der Waals surface area (Å²) in [6.07, 6.45) is 9.30. The molecule has 0 atom stereocenters. The number of fused-ring (bicyclic) bond motifs is 3. The average molecular weight is 481 g/mol. The van der Waals surface area contributed by atoms with Crippen LogP contribution in [0.25, 0.3) is 11.1 Å². The van der Waals surface area contributed by atoms with Crippen molar-refractivity contribution in [1.29, 1.82) is 0 Å². The minimum absolute atomic E-state index is 0.193. The molecule has 0 spiro atoms. The highest BCUT2D eigenvalue weighted by Crippen LogP contribution is 2.60. The zero-order valence-corrected chi connectivity index (χ0v) is 22.9. The summed E-state index contributed by atoms with van der Waals surface area (Å²) in [5, 5.41) is 0. The molecule has 6 rings (SSSR count). The average Bonchev–Trinajstić information content (AvgIpc) is 3.51. The van der Waals surface area contributed by atoms with E-state index in [2.05, 4.69) is 139 Å². The highest BCUT2D eigenvalue weighted by atomic mass is 14.5. The SMILES string of the molecule is Cc1ccc(C(c2ccc(C)cc2)(C2C=CC=C2)C2c3cc(C)c(C)cc3-c3cc(C)c(C)cc32)cc1. The largest absolute Gasteiger partial charge is 0.0764 e. The molecular formula is C37H36. The van der Waals surface area contributed by atoms with Crippen LogP contribution in [0, 0.1) is 47.5 Å². The maximum absolute atomic E-state index is 2.49. The first kappa shape index (κ1) is 23.7. The third-order valence-corrected chi connectivity index (χ3v) is 9.03. The Morgan fingerprint density at radius 3 is 1.27 bits per heavy atom. The Bertz CT molecular complexity index is 1440. The summed E-state index contributed by atoms with van der Waals surface area (Å²) in [5.41, 5.74) is 16.2. The molecule has 0 aliphatic heterocycles. The van der Waals surface area contributed by atoms with Crippen LogP contribution < -0.4 is 0 Å². The van der Waals surface area contributed by atoms with E-state index in [-0.39, 0.29) is 17.3 Å². The van der Waals surface area contributed by atoms with Crippen molar-refractivity contribution in [3.8, 4) is 11.1 Å². The first-order valence-corrected chi connectivity index (χ1v) is 13.5. The number of benzene rings is 4. The van der Waals surface area contributed by atoms with Gasteiger partial charge in [0.2, 0.25) is 0 Å². The first-order valence-electron chi connectivity index (χ1n) is 13.5. The molecule has 0 heterocycles. The monoisotopic (exact) mass is 480 g/mol. The molecule has 0 bridgehead atoms. The molecule has 0 heteroatoms. The van der Waals surface area contributed by atoms with E-state index in [0.717, 1.165) is 0 Å². The maximum Gasteiger partial charge on any atom is 0.0409 e. The van der Waals surface area contributed by atoms with E-state index in [1.165, 1.54) is 66.8 Å². The van der Waals surface area contributed by atoms with Crippen molar-refractivity contribution in [3.05, 3.63) is 153 Å². The lowest BCUT2D eigenvalue weighted by Crippen LogP contribution is -2.41. The summed E-state index contributed by atoms with van der Waals surface area (Å²) in [4.78, 5) is 0. The Kier molecular flexibility index (Phi) is 5.60. The minimum atomic E-state index is -0.283. The van der Waals surface area contributed by atoms with Crippen LogP contribution in [0.15, 0.2) is 97.1 Å². The minimum Gasteiger partial charge on any atom is -0.0764 e. The molecule has 0 amide bonds. The van der Waals surface area contributed by atoms with Gasteiger partial charge in [-0.15, -0.1) is 0 Å².